The molecule has 0 saturated heterocycles. The molecule has 1 aromatic heterocycles. The quantitative estimate of drug-likeness (QED) is 0.0467. The van der Waals surface area contributed by atoms with Gasteiger partial charge in [0.05, 0.1) is 48.1 Å². The largest absolute Gasteiger partial charge is 3.00 e. The summed E-state index contributed by atoms with van der Waals surface area (Å²) in [6.07, 6.45) is 0. The molecule has 1 radical (unpaired) electrons. The topological polar surface area (TPSA) is 357 Å². The van der Waals surface area contributed by atoms with Crippen LogP contribution >= 0.6 is 0 Å². The number of aromatic nitrogens is 2. The van der Waals surface area contributed by atoms with Crippen LogP contribution in [0.15, 0.2) is 121 Å². The minimum absolute atomic E-state index is 0. The van der Waals surface area contributed by atoms with Crippen LogP contribution < -0.4 is 109 Å². The van der Waals surface area contributed by atoms with Crippen LogP contribution in [0.1, 0.15) is 5.69 Å². The van der Waals surface area contributed by atoms with E-state index in [1.165, 1.54) is 13.0 Å². The van der Waals surface area contributed by atoms with Crippen LogP contribution in [0.25, 0.3) is 16.5 Å². The van der Waals surface area contributed by atoms with Gasteiger partial charge < -0.3 is 25.0 Å². The molecule has 6 rings (SSSR count). The number of azo groups is 2. The molecule has 0 atom stereocenters. The van der Waals surface area contributed by atoms with Crippen LogP contribution in [0, 0.1) is 27.2 Å². The number of nitro groups is 2. The van der Waals surface area contributed by atoms with E-state index in [4.69, 9.17) is 4.55 Å². The Morgan fingerprint density at radius 2 is 1.15 bits per heavy atom. The van der Waals surface area contributed by atoms with Gasteiger partial charge in [-0.2, -0.15) is 28.9 Å². The average Bonchev–Trinajstić information content (AvgIpc) is 3.42. The van der Waals surface area contributed by atoms with Crippen LogP contribution in [0.5, 0.6) is 23.1 Å². The van der Waals surface area contributed by atoms with Crippen molar-refractivity contribution in [3.05, 3.63) is 117 Å². The van der Waals surface area contributed by atoms with E-state index in [2.05, 4.69) is 25.6 Å². The number of aryl methyl sites for hydroxylation is 1. The van der Waals surface area contributed by atoms with Crippen molar-refractivity contribution in [2.24, 2.45) is 20.5 Å². The Hall–Kier alpha value is -3.88. The zero-order valence-corrected chi connectivity index (χ0v) is 40.1. The molecule has 0 fully saturated rings. The summed E-state index contributed by atoms with van der Waals surface area (Å²) >= 11 is 0. The second-order valence-electron chi connectivity index (χ2n) is 11.0. The number of rotatable bonds is 9. The SMILES string of the molecule is Cc1nn(-c2ccccc2)c([O-])c1N=Nc1cc([N+](=O)[O-])cc(S(=O)(=O)[O-])c1[O-].O=[N+]([O-])c1cc(N=Nc2c([O-])ccc3ccccc23)c([O-])c(S(=O)(=O)O)c1.[Cr+3].[Na+].[Na+].[Na+]. The summed E-state index contributed by atoms with van der Waals surface area (Å²) < 4.78 is 66.4. The van der Waals surface area contributed by atoms with Crippen LogP contribution in [-0.2, 0) is 37.6 Å². The third kappa shape index (κ3) is 12.6. The Balaban J connectivity index is 0.000000564. The Morgan fingerprint density at radius 3 is 1.67 bits per heavy atom. The fraction of sp³-hybridized carbons (Fsp3) is 0.0312. The number of hydrogen-bond donors (Lipinski definition) is 1. The number of benzene rings is 5. The minimum Gasteiger partial charge on any atom is -0.871 e. The van der Waals surface area contributed by atoms with Crippen LogP contribution in [0.2, 0.25) is 0 Å². The number of fused-ring (bicyclic) bond motifs is 1. The summed E-state index contributed by atoms with van der Waals surface area (Å²) in [4.78, 5) is 17.4. The monoisotopic (exact) mass is 924 g/mol. The van der Waals surface area contributed by atoms with E-state index in [1.54, 1.807) is 60.7 Å². The van der Waals surface area contributed by atoms with Crippen molar-refractivity contribution in [1.82, 2.24) is 9.78 Å². The number of para-hydroxylation sites is 1. The first kappa shape index (κ1) is 54.1. The van der Waals surface area contributed by atoms with Crippen LogP contribution in [0.3, 0.4) is 0 Å². The fourth-order valence-corrected chi connectivity index (χ4v) is 5.99. The summed E-state index contributed by atoms with van der Waals surface area (Å²) in [6.45, 7) is 1.45. The van der Waals surface area contributed by atoms with E-state index >= 15 is 0 Å². The molecule has 0 aliphatic heterocycles. The molecular weight excluding hydrogens is 905 g/mol. The van der Waals surface area contributed by atoms with Gasteiger partial charge in [0.2, 0.25) is 0 Å². The van der Waals surface area contributed by atoms with E-state index in [0.29, 0.717) is 40.7 Å². The van der Waals surface area contributed by atoms with Gasteiger partial charge in [-0.15, -0.1) is 5.11 Å². The van der Waals surface area contributed by atoms with E-state index in [9.17, 15) is 62.0 Å². The van der Waals surface area contributed by atoms with E-state index in [0.717, 1.165) is 4.68 Å². The Kier molecular flexibility index (Phi) is 20.1. The summed E-state index contributed by atoms with van der Waals surface area (Å²) in [5.41, 5.74) is -2.88. The first-order valence-electron chi connectivity index (χ1n) is 15.0. The molecule has 6 aromatic rings. The average molecular weight is 925 g/mol. The van der Waals surface area contributed by atoms with Gasteiger partial charge in [0, 0.05) is 35.5 Å². The predicted octanol–water partition coefficient (Wildman–Crippen LogP) is -4.88. The van der Waals surface area contributed by atoms with Crippen molar-refractivity contribution in [2.45, 2.75) is 16.7 Å². The van der Waals surface area contributed by atoms with Gasteiger partial charge in [-0.1, -0.05) is 71.8 Å². The first-order chi connectivity index (χ1) is 26.3. The Labute approximate surface area is 415 Å². The van der Waals surface area contributed by atoms with Crippen molar-refractivity contribution < 1.29 is 162 Å². The Bertz CT molecular complexity index is 2850. The van der Waals surface area contributed by atoms with Crippen LogP contribution in [-0.4, -0.2) is 45.6 Å². The first-order valence-corrected chi connectivity index (χ1v) is 17.9. The molecule has 1 N–H and O–H groups in total. The third-order valence-electron chi connectivity index (χ3n) is 7.38. The second kappa shape index (κ2) is 22.3. The molecule has 0 aliphatic rings. The predicted molar refractivity (Wildman–Crippen MR) is 182 cm³/mol. The Morgan fingerprint density at radius 1 is 0.667 bits per heavy atom. The third-order valence-corrected chi connectivity index (χ3v) is 9.08. The van der Waals surface area contributed by atoms with Crippen molar-refractivity contribution in [3.8, 4) is 28.8 Å². The maximum atomic E-state index is 12.5. The van der Waals surface area contributed by atoms with E-state index in [-0.39, 0.29) is 123 Å². The van der Waals surface area contributed by atoms with Crippen molar-refractivity contribution >= 4 is 65.1 Å². The van der Waals surface area contributed by atoms with Gasteiger partial charge in [-0.05, 0) is 24.4 Å². The van der Waals surface area contributed by atoms with Gasteiger partial charge in [0.1, 0.15) is 15.8 Å². The molecule has 1 heterocycles. The number of non-ortho nitro benzene ring substituents is 2. The molecule has 60 heavy (non-hydrogen) atoms. The molecule has 5 aromatic carbocycles. The molecule has 0 spiro atoms. The zero-order valence-electron chi connectivity index (χ0n) is 31.2. The number of nitro benzene ring substituents is 2. The summed E-state index contributed by atoms with van der Waals surface area (Å²) in [5, 5.41) is 90.3. The molecule has 291 valence electrons. The van der Waals surface area contributed by atoms with E-state index in [1.807, 2.05) is 0 Å². The fourth-order valence-electron chi connectivity index (χ4n) is 4.79. The molecular formula is C32H19CrN8Na3O14S2+. The van der Waals surface area contributed by atoms with Crippen molar-refractivity contribution in [1.29, 1.82) is 0 Å². The van der Waals surface area contributed by atoms with Gasteiger partial charge in [-0.25, -0.2) is 13.1 Å². The van der Waals surface area contributed by atoms with Gasteiger partial charge >= 0.3 is 106 Å². The summed E-state index contributed by atoms with van der Waals surface area (Å²) in [6, 6.07) is 20.0. The molecule has 22 nitrogen and oxygen atoms in total. The zero-order chi connectivity index (χ0) is 41.1. The number of hydrogen-bond acceptors (Lipinski definition) is 18. The number of nitrogens with zero attached hydrogens (tertiary/aromatic N) is 8. The van der Waals surface area contributed by atoms with Crippen LogP contribution in [0.4, 0.5) is 34.1 Å². The molecule has 28 heteroatoms. The van der Waals surface area contributed by atoms with Crippen molar-refractivity contribution in [3.63, 3.8) is 0 Å². The molecule has 0 aliphatic carbocycles. The molecule has 0 saturated carbocycles. The van der Waals surface area contributed by atoms with Crippen molar-refractivity contribution in [2.75, 3.05) is 0 Å². The molecule has 0 unspecified atom stereocenters. The smallest absolute Gasteiger partial charge is 0.871 e. The molecule has 0 amide bonds. The van der Waals surface area contributed by atoms with Gasteiger partial charge in [0.15, 0.2) is 0 Å². The minimum atomic E-state index is -5.29. The van der Waals surface area contributed by atoms with E-state index < -0.39 is 85.8 Å². The molecule has 0 bridgehead atoms. The summed E-state index contributed by atoms with van der Waals surface area (Å²) in [7, 11) is -10.3. The standard InChI is InChI=1S/C16H13N5O7S.C16H11N3O7S.Cr.3Na/c1-9-14(16(23)20(19-9)10-5-3-2-4-6-10)18-17-12-7-11(21(24)25)8-13(15(12)22)29(26,27)28;20-13-6-5-9-3-1-2-4-11(9)15(13)18-17-12-7-10(19(22)23)8-14(16(12)21)27(24,25)26;;;;/h2-8,22-23H,1H3,(H,26,27,28);1-8,20-21H,(H,24,25,26);;;;/q;;+3;3*+1/p-5. The maximum absolute atomic E-state index is 12.5. The second-order valence-corrected chi connectivity index (χ2v) is 13.8. The van der Waals surface area contributed by atoms with Gasteiger partial charge in [-0.3, -0.25) is 24.8 Å². The normalized spacial score (nSPS) is 11.1. The summed E-state index contributed by atoms with van der Waals surface area (Å²) in [5.74, 6) is -3.83. The maximum Gasteiger partial charge on any atom is 3.00 e. The van der Waals surface area contributed by atoms with Gasteiger partial charge in [0.25, 0.3) is 21.5 Å².